The molecule has 20 heavy (non-hydrogen) atoms. The Bertz CT molecular complexity index is 510. The van der Waals surface area contributed by atoms with E-state index >= 15 is 0 Å². The normalized spacial score (nSPS) is 17.2. The molecule has 0 bridgehead atoms. The molecule has 0 radical (unpaired) electrons. The van der Waals surface area contributed by atoms with E-state index in [0.717, 1.165) is 38.9 Å². The molecule has 1 aromatic rings. The van der Waals surface area contributed by atoms with Gasteiger partial charge in [-0.1, -0.05) is 11.6 Å². The van der Waals surface area contributed by atoms with Crippen LogP contribution in [0.4, 0.5) is 0 Å². The molecule has 0 saturated carbocycles. The zero-order valence-electron chi connectivity index (χ0n) is 11.3. The molecule has 0 atom stereocenters. The van der Waals surface area contributed by atoms with Gasteiger partial charge in [0.25, 0.3) is 0 Å². The zero-order chi connectivity index (χ0) is 14.4. The van der Waals surface area contributed by atoms with Crippen LogP contribution in [0.15, 0.2) is 29.2 Å². The topological polar surface area (TPSA) is 55.4 Å². The van der Waals surface area contributed by atoms with Gasteiger partial charge >= 0.3 is 0 Å². The molecule has 1 aromatic carbocycles. The van der Waals surface area contributed by atoms with Crippen molar-refractivity contribution in [1.82, 2.24) is 4.72 Å². The summed E-state index contributed by atoms with van der Waals surface area (Å²) in [6.45, 7) is 2.14. The predicted octanol–water partition coefficient (Wildman–Crippen LogP) is 2.83. The summed E-state index contributed by atoms with van der Waals surface area (Å²) in [5.74, 6) is 0.670. The van der Waals surface area contributed by atoms with E-state index in [9.17, 15) is 8.42 Å². The summed E-state index contributed by atoms with van der Waals surface area (Å²) >= 11 is 5.75. The molecule has 4 nitrogen and oxygen atoms in total. The smallest absolute Gasteiger partial charge is 0.240 e. The summed E-state index contributed by atoms with van der Waals surface area (Å²) in [4.78, 5) is 0.257. The first-order valence-electron chi connectivity index (χ1n) is 6.91. The van der Waals surface area contributed by atoms with Crippen molar-refractivity contribution < 1.29 is 13.2 Å². The van der Waals surface area contributed by atoms with E-state index in [1.165, 1.54) is 12.1 Å². The second-order valence-electron chi connectivity index (χ2n) is 5.05. The number of ether oxygens (including phenoxy) is 1. The van der Waals surface area contributed by atoms with Crippen molar-refractivity contribution >= 4 is 21.6 Å². The van der Waals surface area contributed by atoms with Crippen molar-refractivity contribution in [3.05, 3.63) is 29.3 Å². The van der Waals surface area contributed by atoms with Crippen LogP contribution in [0.5, 0.6) is 0 Å². The van der Waals surface area contributed by atoms with Crippen LogP contribution in [-0.4, -0.2) is 28.2 Å². The average Bonchev–Trinajstić information content (AvgIpc) is 2.45. The SMILES string of the molecule is O=S(=O)(NCCCC1CCOCC1)c1ccc(Cl)cc1. The van der Waals surface area contributed by atoms with Crippen LogP contribution in [-0.2, 0) is 14.8 Å². The van der Waals surface area contributed by atoms with Crippen LogP contribution < -0.4 is 4.72 Å². The molecule has 1 saturated heterocycles. The highest BCUT2D eigenvalue weighted by Gasteiger charge is 2.15. The Morgan fingerprint density at radius 1 is 1.20 bits per heavy atom. The standard InChI is InChI=1S/C14H20ClNO3S/c15-13-3-5-14(6-4-13)20(17,18)16-9-1-2-12-7-10-19-11-8-12/h3-6,12,16H,1-2,7-11H2. The molecule has 1 heterocycles. The molecule has 0 aliphatic carbocycles. The second kappa shape index (κ2) is 7.41. The van der Waals surface area contributed by atoms with E-state index in [1.54, 1.807) is 12.1 Å². The van der Waals surface area contributed by atoms with Gasteiger partial charge in [-0.25, -0.2) is 13.1 Å². The summed E-state index contributed by atoms with van der Waals surface area (Å²) in [5.41, 5.74) is 0. The molecule has 0 aromatic heterocycles. The maximum Gasteiger partial charge on any atom is 0.240 e. The van der Waals surface area contributed by atoms with Crippen LogP contribution in [0.25, 0.3) is 0 Å². The number of hydrogen-bond acceptors (Lipinski definition) is 3. The number of halogens is 1. The molecule has 0 spiro atoms. The monoisotopic (exact) mass is 317 g/mol. The molecule has 112 valence electrons. The fourth-order valence-corrected chi connectivity index (χ4v) is 3.53. The average molecular weight is 318 g/mol. The summed E-state index contributed by atoms with van der Waals surface area (Å²) in [5, 5.41) is 0.531. The van der Waals surface area contributed by atoms with Gasteiger partial charge in [0.15, 0.2) is 0 Å². The minimum absolute atomic E-state index is 0.257. The Hall–Kier alpha value is -0.620. The third-order valence-corrected chi connectivity index (χ3v) is 5.27. The maximum atomic E-state index is 12.0. The molecule has 1 N–H and O–H groups in total. The fourth-order valence-electron chi connectivity index (χ4n) is 2.33. The van der Waals surface area contributed by atoms with Gasteiger partial charge in [0, 0.05) is 24.8 Å². The lowest BCUT2D eigenvalue weighted by Crippen LogP contribution is -2.25. The van der Waals surface area contributed by atoms with E-state index < -0.39 is 10.0 Å². The summed E-state index contributed by atoms with van der Waals surface area (Å²) < 4.78 is 32.0. The lowest BCUT2D eigenvalue weighted by molar-refractivity contribution is 0.0634. The predicted molar refractivity (Wildman–Crippen MR) is 79.4 cm³/mol. The van der Waals surface area contributed by atoms with Crippen molar-refractivity contribution in [2.45, 2.75) is 30.6 Å². The van der Waals surface area contributed by atoms with E-state index in [4.69, 9.17) is 16.3 Å². The van der Waals surface area contributed by atoms with Crippen LogP contribution in [0.3, 0.4) is 0 Å². The van der Waals surface area contributed by atoms with Crippen LogP contribution >= 0.6 is 11.6 Å². The van der Waals surface area contributed by atoms with Gasteiger partial charge in [0.05, 0.1) is 4.90 Å². The maximum absolute atomic E-state index is 12.0. The quantitative estimate of drug-likeness (QED) is 0.821. The molecule has 6 heteroatoms. The Morgan fingerprint density at radius 3 is 2.50 bits per heavy atom. The minimum Gasteiger partial charge on any atom is -0.381 e. The Morgan fingerprint density at radius 2 is 1.85 bits per heavy atom. The van der Waals surface area contributed by atoms with Crippen LogP contribution in [0.1, 0.15) is 25.7 Å². The van der Waals surface area contributed by atoms with Gasteiger partial charge in [0.2, 0.25) is 10.0 Å². The van der Waals surface area contributed by atoms with Crippen molar-refractivity contribution in [2.75, 3.05) is 19.8 Å². The molecule has 1 fully saturated rings. The van der Waals surface area contributed by atoms with Crippen molar-refractivity contribution in [3.63, 3.8) is 0 Å². The highest BCUT2D eigenvalue weighted by Crippen LogP contribution is 2.20. The van der Waals surface area contributed by atoms with Gasteiger partial charge in [-0.15, -0.1) is 0 Å². The van der Waals surface area contributed by atoms with Crippen molar-refractivity contribution in [2.24, 2.45) is 5.92 Å². The molecule has 0 amide bonds. The van der Waals surface area contributed by atoms with Gasteiger partial charge in [-0.05, 0) is 55.9 Å². The first-order valence-corrected chi connectivity index (χ1v) is 8.77. The zero-order valence-corrected chi connectivity index (χ0v) is 12.9. The van der Waals surface area contributed by atoms with E-state index in [0.29, 0.717) is 17.5 Å². The van der Waals surface area contributed by atoms with E-state index in [2.05, 4.69) is 4.72 Å². The van der Waals surface area contributed by atoms with E-state index in [1.807, 2.05) is 0 Å². The molecule has 1 aliphatic rings. The molecule has 2 rings (SSSR count). The van der Waals surface area contributed by atoms with Crippen LogP contribution in [0, 0.1) is 5.92 Å². The number of hydrogen-bond donors (Lipinski definition) is 1. The fraction of sp³-hybridized carbons (Fsp3) is 0.571. The third-order valence-electron chi connectivity index (χ3n) is 3.55. The lowest BCUT2D eigenvalue weighted by Gasteiger charge is -2.21. The molecule has 1 aliphatic heterocycles. The highest BCUT2D eigenvalue weighted by molar-refractivity contribution is 7.89. The first-order chi connectivity index (χ1) is 9.58. The van der Waals surface area contributed by atoms with Gasteiger partial charge < -0.3 is 4.74 Å². The highest BCUT2D eigenvalue weighted by atomic mass is 35.5. The Labute approximate surface area is 125 Å². The minimum atomic E-state index is -3.41. The van der Waals surface area contributed by atoms with Gasteiger partial charge in [-0.3, -0.25) is 0 Å². The summed E-state index contributed by atoms with van der Waals surface area (Å²) in [7, 11) is -3.41. The number of benzene rings is 1. The van der Waals surface area contributed by atoms with Gasteiger partial charge in [0.1, 0.15) is 0 Å². The van der Waals surface area contributed by atoms with Gasteiger partial charge in [-0.2, -0.15) is 0 Å². The largest absolute Gasteiger partial charge is 0.381 e. The second-order valence-corrected chi connectivity index (χ2v) is 7.25. The van der Waals surface area contributed by atoms with Crippen LogP contribution in [0.2, 0.25) is 5.02 Å². The molecule has 0 unspecified atom stereocenters. The molecular weight excluding hydrogens is 298 g/mol. The molecular formula is C14H20ClNO3S. The lowest BCUT2D eigenvalue weighted by atomic mass is 9.95. The van der Waals surface area contributed by atoms with Crippen molar-refractivity contribution in [1.29, 1.82) is 0 Å². The van der Waals surface area contributed by atoms with E-state index in [-0.39, 0.29) is 4.90 Å². The Balaban J connectivity index is 1.76. The third kappa shape index (κ3) is 4.74. The number of nitrogens with one attached hydrogen (secondary N) is 1. The summed E-state index contributed by atoms with van der Waals surface area (Å²) in [6.07, 6.45) is 4.08. The summed E-state index contributed by atoms with van der Waals surface area (Å²) in [6, 6.07) is 6.20. The number of rotatable bonds is 6. The Kier molecular flexibility index (Phi) is 5.84. The number of sulfonamides is 1. The van der Waals surface area contributed by atoms with Crippen molar-refractivity contribution in [3.8, 4) is 0 Å². The first kappa shape index (κ1) is 15.8.